The quantitative estimate of drug-likeness (QED) is 0.512. The van der Waals surface area contributed by atoms with Crippen molar-refractivity contribution in [1.29, 1.82) is 0 Å². The number of ether oxygens (including phenoxy) is 2. The predicted octanol–water partition coefficient (Wildman–Crippen LogP) is 0.549. The molecule has 2 N–H and O–H groups in total. The van der Waals surface area contributed by atoms with Crippen molar-refractivity contribution in [3.63, 3.8) is 0 Å². The fourth-order valence-electron chi connectivity index (χ4n) is 2.22. The summed E-state index contributed by atoms with van der Waals surface area (Å²) in [5, 5.41) is 18.3. The number of rotatable bonds is 8. The zero-order valence-corrected chi connectivity index (χ0v) is 14.0. The lowest BCUT2D eigenvalue weighted by atomic mass is 10.0. The molecular weight excluding hydrogens is 334 g/mol. The van der Waals surface area contributed by atoms with Gasteiger partial charge in [0.15, 0.2) is 11.5 Å². The second-order valence-corrected chi connectivity index (χ2v) is 5.18. The van der Waals surface area contributed by atoms with E-state index in [2.05, 4.69) is 0 Å². The van der Waals surface area contributed by atoms with Gasteiger partial charge in [-0.15, -0.1) is 0 Å². The topological polar surface area (TPSA) is 130 Å². The van der Waals surface area contributed by atoms with E-state index in [-0.39, 0.29) is 17.9 Å². The van der Waals surface area contributed by atoms with E-state index in [1.54, 1.807) is 0 Å². The summed E-state index contributed by atoms with van der Waals surface area (Å²) in [4.78, 5) is 45.8. The van der Waals surface area contributed by atoms with Crippen LogP contribution in [0.4, 0.5) is 0 Å². The molecule has 0 heterocycles. The Bertz CT molecular complexity index is 685. The number of carbonyl (C=O) groups excluding carboxylic acids is 2. The lowest BCUT2D eigenvalue weighted by Crippen LogP contribution is -2.47. The van der Waals surface area contributed by atoms with Crippen LogP contribution < -0.4 is 9.47 Å². The predicted molar refractivity (Wildman–Crippen MR) is 84.5 cm³/mol. The first-order valence-electron chi connectivity index (χ1n) is 7.22. The lowest BCUT2D eigenvalue weighted by Gasteiger charge is -2.26. The number of nitrogens with zero attached hydrogens (tertiary/aromatic N) is 1. The minimum atomic E-state index is -1.36. The van der Waals surface area contributed by atoms with Crippen LogP contribution in [0.5, 0.6) is 11.5 Å². The summed E-state index contributed by atoms with van der Waals surface area (Å²) in [5.41, 5.74) is 0.469. The Hall–Kier alpha value is -3.10. The van der Waals surface area contributed by atoms with Crippen molar-refractivity contribution in [2.75, 3.05) is 13.7 Å². The van der Waals surface area contributed by atoms with Gasteiger partial charge in [0.2, 0.25) is 5.91 Å². The van der Waals surface area contributed by atoms with Gasteiger partial charge >= 0.3 is 17.9 Å². The third kappa shape index (κ3) is 5.79. The summed E-state index contributed by atoms with van der Waals surface area (Å²) in [5.74, 6) is -3.48. The molecular formula is C16H19NO8. The average molecular weight is 353 g/mol. The molecule has 1 atom stereocenters. The maximum Gasteiger partial charge on any atom is 0.326 e. The summed E-state index contributed by atoms with van der Waals surface area (Å²) in [6, 6.07) is 3.05. The molecule has 0 unspecified atom stereocenters. The van der Waals surface area contributed by atoms with Crippen LogP contribution in [-0.4, -0.2) is 58.6 Å². The Morgan fingerprint density at radius 1 is 1.12 bits per heavy atom. The van der Waals surface area contributed by atoms with Gasteiger partial charge in [-0.25, -0.2) is 4.79 Å². The molecule has 0 aliphatic carbocycles. The molecule has 0 radical (unpaired) electrons. The van der Waals surface area contributed by atoms with Crippen LogP contribution in [0.15, 0.2) is 18.2 Å². The molecule has 0 aliphatic heterocycles. The molecule has 0 saturated carbocycles. The maximum absolute atomic E-state index is 11.6. The molecule has 136 valence electrons. The van der Waals surface area contributed by atoms with E-state index in [0.29, 0.717) is 5.56 Å². The largest absolute Gasteiger partial charge is 0.493 e. The van der Waals surface area contributed by atoms with E-state index in [9.17, 15) is 24.3 Å². The Morgan fingerprint density at radius 2 is 1.76 bits per heavy atom. The second-order valence-electron chi connectivity index (χ2n) is 5.18. The van der Waals surface area contributed by atoms with Gasteiger partial charge in [-0.1, -0.05) is 6.07 Å². The summed E-state index contributed by atoms with van der Waals surface area (Å²) in [7, 11) is 1.35. The molecule has 1 rings (SSSR count). The molecule has 1 aromatic carbocycles. The first-order valence-corrected chi connectivity index (χ1v) is 7.22. The fraction of sp³-hybridized carbons (Fsp3) is 0.375. The SMILES string of the molecule is COc1cc(C[C@H](C(=O)O)N(CC(=O)O)C(C)=O)ccc1OC(C)=O. The van der Waals surface area contributed by atoms with Gasteiger partial charge < -0.3 is 24.6 Å². The van der Waals surface area contributed by atoms with E-state index in [1.807, 2.05) is 0 Å². The number of hydrogen-bond acceptors (Lipinski definition) is 6. The normalized spacial score (nSPS) is 11.3. The number of aliphatic carboxylic acids is 2. The molecule has 0 fully saturated rings. The number of benzene rings is 1. The summed E-state index contributed by atoms with van der Waals surface area (Å²) >= 11 is 0. The molecule has 25 heavy (non-hydrogen) atoms. The Morgan fingerprint density at radius 3 is 2.20 bits per heavy atom. The molecule has 0 aliphatic rings. The smallest absolute Gasteiger partial charge is 0.326 e. The highest BCUT2D eigenvalue weighted by Gasteiger charge is 2.30. The van der Waals surface area contributed by atoms with Gasteiger partial charge in [-0.05, 0) is 17.7 Å². The third-order valence-corrected chi connectivity index (χ3v) is 3.28. The van der Waals surface area contributed by atoms with Crippen LogP contribution in [0.1, 0.15) is 19.4 Å². The summed E-state index contributed by atoms with van der Waals surface area (Å²) < 4.78 is 10.1. The zero-order chi connectivity index (χ0) is 19.1. The maximum atomic E-state index is 11.6. The monoisotopic (exact) mass is 353 g/mol. The number of methoxy groups -OCH3 is 1. The molecule has 9 heteroatoms. The molecule has 9 nitrogen and oxygen atoms in total. The minimum Gasteiger partial charge on any atom is -0.493 e. The lowest BCUT2D eigenvalue weighted by molar-refractivity contribution is -0.153. The van der Waals surface area contributed by atoms with Crippen LogP contribution in [0, 0.1) is 0 Å². The van der Waals surface area contributed by atoms with Crippen molar-refractivity contribution >= 4 is 23.8 Å². The summed E-state index contributed by atoms with van der Waals surface area (Å²) in [6.45, 7) is 1.60. The summed E-state index contributed by atoms with van der Waals surface area (Å²) in [6.07, 6.45) is -0.140. The first kappa shape index (κ1) is 19.9. The van der Waals surface area contributed by atoms with Gasteiger partial charge in [-0.3, -0.25) is 14.4 Å². The Balaban J connectivity index is 3.13. The third-order valence-electron chi connectivity index (χ3n) is 3.28. The van der Waals surface area contributed by atoms with Crippen LogP contribution in [-0.2, 0) is 25.6 Å². The van der Waals surface area contributed by atoms with Crippen molar-refractivity contribution < 1.29 is 38.9 Å². The molecule has 0 bridgehead atoms. The zero-order valence-electron chi connectivity index (χ0n) is 14.0. The highest BCUT2D eigenvalue weighted by Crippen LogP contribution is 2.29. The minimum absolute atomic E-state index is 0.140. The van der Waals surface area contributed by atoms with Crippen molar-refractivity contribution in [2.24, 2.45) is 0 Å². The standard InChI is InChI=1S/C16H19NO8/c1-9(18)17(8-15(20)21)12(16(22)23)6-11-4-5-13(25-10(2)19)14(7-11)24-3/h4-5,7,12H,6,8H2,1-3H3,(H,20,21)(H,22,23)/t12-/m1/s1. The molecule has 0 aromatic heterocycles. The number of amides is 1. The van der Waals surface area contributed by atoms with Crippen LogP contribution in [0.25, 0.3) is 0 Å². The van der Waals surface area contributed by atoms with Crippen LogP contribution in [0.3, 0.4) is 0 Å². The highest BCUT2D eigenvalue weighted by molar-refractivity contribution is 5.85. The number of hydrogen-bond donors (Lipinski definition) is 2. The Labute approximate surface area is 143 Å². The Kier molecular flexibility index (Phi) is 6.92. The van der Waals surface area contributed by atoms with E-state index < -0.39 is 36.4 Å². The van der Waals surface area contributed by atoms with Gasteiger partial charge in [0.05, 0.1) is 7.11 Å². The molecule has 0 spiro atoms. The number of carboxylic acid groups (broad SMARTS) is 2. The van der Waals surface area contributed by atoms with E-state index >= 15 is 0 Å². The van der Waals surface area contributed by atoms with Crippen LogP contribution >= 0.6 is 0 Å². The van der Waals surface area contributed by atoms with Crippen molar-refractivity contribution in [3.05, 3.63) is 23.8 Å². The highest BCUT2D eigenvalue weighted by atomic mass is 16.6. The average Bonchev–Trinajstić information content (AvgIpc) is 2.50. The van der Waals surface area contributed by atoms with Crippen molar-refractivity contribution in [1.82, 2.24) is 4.90 Å². The van der Waals surface area contributed by atoms with Gasteiger partial charge in [-0.2, -0.15) is 0 Å². The number of esters is 1. The number of carbonyl (C=O) groups is 4. The molecule has 1 amide bonds. The first-order chi connectivity index (χ1) is 11.6. The van der Waals surface area contributed by atoms with Gasteiger partial charge in [0.25, 0.3) is 0 Å². The fourth-order valence-corrected chi connectivity index (χ4v) is 2.22. The number of carboxylic acids is 2. The van der Waals surface area contributed by atoms with Crippen LogP contribution in [0.2, 0.25) is 0 Å². The van der Waals surface area contributed by atoms with E-state index in [1.165, 1.54) is 32.2 Å². The second kappa shape index (κ2) is 8.67. The molecule has 0 saturated heterocycles. The van der Waals surface area contributed by atoms with Gasteiger partial charge in [0, 0.05) is 20.3 Å². The van der Waals surface area contributed by atoms with Crippen molar-refractivity contribution in [2.45, 2.75) is 26.3 Å². The van der Waals surface area contributed by atoms with E-state index in [4.69, 9.17) is 14.6 Å². The molecule has 1 aromatic rings. The van der Waals surface area contributed by atoms with E-state index in [0.717, 1.165) is 11.8 Å². The van der Waals surface area contributed by atoms with Gasteiger partial charge in [0.1, 0.15) is 12.6 Å². The van der Waals surface area contributed by atoms with Crippen molar-refractivity contribution in [3.8, 4) is 11.5 Å².